The number of aryl methyl sites for hydroxylation is 1. The average Bonchev–Trinajstić information content (AvgIpc) is 2.71. The van der Waals surface area contributed by atoms with Crippen LogP contribution in [0.2, 0.25) is 0 Å². The fourth-order valence-electron chi connectivity index (χ4n) is 2.75. The number of amides is 1. The zero-order chi connectivity index (χ0) is 21.8. The van der Waals surface area contributed by atoms with E-state index in [0.29, 0.717) is 17.0 Å². The molecule has 0 aliphatic heterocycles. The standard InChI is InChI=1S/C21H21F2N5O2/c1-12(2)19(26-21(30)18-10-24-13(3)9-25-18)11-28-20(29)7-6-17(27-28)14-4-5-15(22)16(23)8-14/h4-10,12,19H,11H2,1-3H3,(H,26,30)/t19-/m1/s1. The van der Waals surface area contributed by atoms with Crippen molar-refractivity contribution in [1.82, 2.24) is 25.1 Å². The monoisotopic (exact) mass is 413 g/mol. The van der Waals surface area contributed by atoms with Gasteiger partial charge in [-0.15, -0.1) is 0 Å². The first-order valence-corrected chi connectivity index (χ1v) is 9.37. The highest BCUT2D eigenvalue weighted by atomic mass is 19.2. The summed E-state index contributed by atoms with van der Waals surface area (Å²) in [7, 11) is 0. The van der Waals surface area contributed by atoms with Crippen LogP contribution < -0.4 is 10.9 Å². The lowest BCUT2D eigenvalue weighted by Crippen LogP contribution is -2.44. The number of hydrogen-bond donors (Lipinski definition) is 1. The molecule has 0 spiro atoms. The van der Waals surface area contributed by atoms with Crippen molar-refractivity contribution >= 4 is 5.91 Å². The van der Waals surface area contributed by atoms with Crippen molar-refractivity contribution in [1.29, 1.82) is 0 Å². The molecule has 156 valence electrons. The minimum Gasteiger partial charge on any atom is -0.346 e. The molecule has 0 saturated carbocycles. The van der Waals surface area contributed by atoms with Gasteiger partial charge < -0.3 is 5.32 Å². The minimum absolute atomic E-state index is 0.0204. The topological polar surface area (TPSA) is 89.8 Å². The molecule has 7 nitrogen and oxygen atoms in total. The number of halogens is 2. The van der Waals surface area contributed by atoms with Crippen molar-refractivity contribution in [2.75, 3.05) is 0 Å². The van der Waals surface area contributed by atoms with Crippen LogP contribution in [0.25, 0.3) is 11.3 Å². The van der Waals surface area contributed by atoms with Gasteiger partial charge in [0.05, 0.1) is 30.2 Å². The molecular formula is C21H21F2N5O2. The Hall–Kier alpha value is -3.49. The lowest BCUT2D eigenvalue weighted by atomic mass is 10.0. The highest BCUT2D eigenvalue weighted by Gasteiger charge is 2.20. The third-order valence-electron chi connectivity index (χ3n) is 4.59. The van der Waals surface area contributed by atoms with Gasteiger partial charge in [0.2, 0.25) is 0 Å². The first-order chi connectivity index (χ1) is 14.2. The van der Waals surface area contributed by atoms with Gasteiger partial charge in [0.1, 0.15) is 5.69 Å². The molecule has 0 radical (unpaired) electrons. The quantitative estimate of drug-likeness (QED) is 0.671. The fraction of sp³-hybridized carbons (Fsp3) is 0.286. The van der Waals surface area contributed by atoms with Crippen molar-refractivity contribution < 1.29 is 13.6 Å². The molecule has 0 bridgehead atoms. The summed E-state index contributed by atoms with van der Waals surface area (Å²) in [5, 5.41) is 7.12. The second-order valence-corrected chi connectivity index (χ2v) is 7.23. The van der Waals surface area contributed by atoms with Crippen molar-refractivity contribution in [3.05, 3.63) is 76.1 Å². The lowest BCUT2D eigenvalue weighted by Gasteiger charge is -2.22. The van der Waals surface area contributed by atoms with Crippen LogP contribution in [-0.2, 0) is 6.54 Å². The van der Waals surface area contributed by atoms with Crippen LogP contribution in [0.1, 0.15) is 30.0 Å². The van der Waals surface area contributed by atoms with Crippen molar-refractivity contribution in [3.8, 4) is 11.3 Å². The molecule has 9 heteroatoms. The van der Waals surface area contributed by atoms with Gasteiger partial charge in [0.25, 0.3) is 11.5 Å². The van der Waals surface area contributed by atoms with Crippen LogP contribution in [0, 0.1) is 24.5 Å². The molecular weight excluding hydrogens is 392 g/mol. The van der Waals surface area contributed by atoms with Gasteiger partial charge in [-0.1, -0.05) is 13.8 Å². The van der Waals surface area contributed by atoms with E-state index in [1.54, 1.807) is 6.92 Å². The molecule has 0 unspecified atom stereocenters. The maximum Gasteiger partial charge on any atom is 0.271 e. The largest absolute Gasteiger partial charge is 0.346 e. The first-order valence-electron chi connectivity index (χ1n) is 9.37. The van der Waals surface area contributed by atoms with Crippen LogP contribution >= 0.6 is 0 Å². The van der Waals surface area contributed by atoms with E-state index in [2.05, 4.69) is 20.4 Å². The minimum atomic E-state index is -1.00. The lowest BCUT2D eigenvalue weighted by molar-refractivity contribution is 0.0913. The van der Waals surface area contributed by atoms with E-state index in [4.69, 9.17) is 0 Å². The summed E-state index contributed by atoms with van der Waals surface area (Å²) in [6.45, 7) is 5.66. The van der Waals surface area contributed by atoms with Gasteiger partial charge in [0.15, 0.2) is 11.6 Å². The summed E-state index contributed by atoms with van der Waals surface area (Å²) in [6, 6.07) is 5.72. The molecule has 3 rings (SSSR count). The molecule has 2 aromatic heterocycles. The van der Waals surface area contributed by atoms with E-state index in [1.165, 1.54) is 35.3 Å². The molecule has 1 N–H and O–H groups in total. The summed E-state index contributed by atoms with van der Waals surface area (Å²) >= 11 is 0. The molecule has 2 heterocycles. The highest BCUT2D eigenvalue weighted by Crippen LogP contribution is 2.18. The molecule has 30 heavy (non-hydrogen) atoms. The Morgan fingerprint density at radius 2 is 1.87 bits per heavy atom. The smallest absolute Gasteiger partial charge is 0.271 e. The SMILES string of the molecule is Cc1cnc(C(=O)N[C@H](Cn2nc(-c3ccc(F)c(F)c3)ccc2=O)C(C)C)cn1. The van der Waals surface area contributed by atoms with Crippen LogP contribution in [0.15, 0.2) is 47.5 Å². The zero-order valence-corrected chi connectivity index (χ0v) is 16.8. The van der Waals surface area contributed by atoms with E-state index in [0.717, 1.165) is 12.1 Å². The average molecular weight is 413 g/mol. The summed E-state index contributed by atoms with van der Waals surface area (Å²) < 4.78 is 28.0. The van der Waals surface area contributed by atoms with E-state index < -0.39 is 23.6 Å². The highest BCUT2D eigenvalue weighted by molar-refractivity contribution is 5.92. The Morgan fingerprint density at radius 1 is 1.10 bits per heavy atom. The number of nitrogens with one attached hydrogen (secondary N) is 1. The van der Waals surface area contributed by atoms with E-state index >= 15 is 0 Å². The molecule has 0 saturated heterocycles. The first kappa shape index (κ1) is 21.2. The summed E-state index contributed by atoms with van der Waals surface area (Å²) in [6.07, 6.45) is 2.88. The van der Waals surface area contributed by atoms with Crippen molar-refractivity contribution in [3.63, 3.8) is 0 Å². The Kier molecular flexibility index (Phi) is 6.29. The summed E-state index contributed by atoms with van der Waals surface area (Å²) in [5.74, 6) is -2.40. The number of aromatic nitrogens is 4. The Morgan fingerprint density at radius 3 is 2.50 bits per heavy atom. The number of hydrogen-bond acceptors (Lipinski definition) is 5. The number of nitrogens with zero attached hydrogens (tertiary/aromatic N) is 4. The van der Waals surface area contributed by atoms with Crippen LogP contribution in [0.3, 0.4) is 0 Å². The number of carbonyl (C=O) groups is 1. The second kappa shape index (κ2) is 8.89. The molecule has 1 atom stereocenters. The summed E-state index contributed by atoms with van der Waals surface area (Å²) in [4.78, 5) is 32.9. The Balaban J connectivity index is 1.84. The summed E-state index contributed by atoms with van der Waals surface area (Å²) in [5.41, 5.74) is 1.13. The van der Waals surface area contributed by atoms with Crippen molar-refractivity contribution in [2.45, 2.75) is 33.4 Å². The van der Waals surface area contributed by atoms with Crippen LogP contribution in [0.4, 0.5) is 8.78 Å². The van der Waals surface area contributed by atoms with Gasteiger partial charge in [-0.25, -0.2) is 18.4 Å². The van der Waals surface area contributed by atoms with E-state index in [9.17, 15) is 18.4 Å². The van der Waals surface area contributed by atoms with Gasteiger partial charge in [-0.3, -0.25) is 14.6 Å². The second-order valence-electron chi connectivity index (χ2n) is 7.23. The fourth-order valence-corrected chi connectivity index (χ4v) is 2.75. The molecule has 0 fully saturated rings. The zero-order valence-electron chi connectivity index (χ0n) is 16.8. The molecule has 1 aromatic carbocycles. The van der Waals surface area contributed by atoms with Gasteiger partial charge in [0, 0.05) is 17.8 Å². The van der Waals surface area contributed by atoms with Crippen LogP contribution in [0.5, 0.6) is 0 Å². The normalized spacial score (nSPS) is 12.1. The van der Waals surface area contributed by atoms with Gasteiger partial charge in [-0.2, -0.15) is 5.10 Å². The molecule has 0 aliphatic rings. The molecule has 1 amide bonds. The van der Waals surface area contributed by atoms with E-state index in [1.807, 2.05) is 13.8 Å². The van der Waals surface area contributed by atoms with E-state index in [-0.39, 0.29) is 23.7 Å². The van der Waals surface area contributed by atoms with Gasteiger partial charge in [-0.05, 0) is 37.1 Å². The Labute approximate surface area is 171 Å². The number of carbonyl (C=O) groups excluding carboxylic acids is 1. The van der Waals surface area contributed by atoms with Crippen LogP contribution in [-0.4, -0.2) is 31.7 Å². The number of rotatable bonds is 6. The number of benzene rings is 1. The molecule has 3 aromatic rings. The maximum atomic E-state index is 13.6. The molecule has 0 aliphatic carbocycles. The predicted octanol–water partition coefficient (Wildman–Crippen LogP) is 2.74. The van der Waals surface area contributed by atoms with Gasteiger partial charge >= 0.3 is 0 Å². The third kappa shape index (κ3) is 4.91. The maximum absolute atomic E-state index is 13.6. The predicted molar refractivity (Wildman–Crippen MR) is 107 cm³/mol. The third-order valence-corrected chi connectivity index (χ3v) is 4.59. The van der Waals surface area contributed by atoms with Crippen molar-refractivity contribution in [2.24, 2.45) is 5.92 Å². The Bertz CT molecular complexity index is 1110.